The van der Waals surface area contributed by atoms with Crippen molar-refractivity contribution in [2.24, 2.45) is 0 Å². The molecule has 0 atom stereocenters. The van der Waals surface area contributed by atoms with Gasteiger partial charge in [0.05, 0.1) is 17.3 Å². The molecule has 20 heavy (non-hydrogen) atoms. The molecule has 1 heterocycles. The van der Waals surface area contributed by atoms with Gasteiger partial charge < -0.3 is 10.1 Å². The van der Waals surface area contributed by atoms with Crippen molar-refractivity contribution in [3.8, 4) is 5.75 Å². The van der Waals surface area contributed by atoms with Crippen molar-refractivity contribution in [2.75, 3.05) is 11.9 Å². The van der Waals surface area contributed by atoms with E-state index < -0.39 is 0 Å². The molecule has 0 radical (unpaired) electrons. The van der Waals surface area contributed by atoms with E-state index in [9.17, 15) is 4.39 Å². The van der Waals surface area contributed by atoms with E-state index in [1.54, 1.807) is 6.07 Å². The summed E-state index contributed by atoms with van der Waals surface area (Å²) >= 11 is 12.1. The molecule has 1 aliphatic heterocycles. The lowest BCUT2D eigenvalue weighted by atomic mass is 10.1. The molecule has 0 unspecified atom stereocenters. The first-order valence-corrected chi connectivity index (χ1v) is 7.02. The Hall–Kier alpha value is -1.45. The first-order chi connectivity index (χ1) is 9.63. The average Bonchev–Trinajstić information content (AvgIpc) is 2.85. The van der Waals surface area contributed by atoms with Gasteiger partial charge in [-0.05, 0) is 35.9 Å². The fourth-order valence-corrected chi connectivity index (χ4v) is 2.80. The monoisotopic (exact) mass is 311 g/mol. The van der Waals surface area contributed by atoms with Crippen LogP contribution in [0.5, 0.6) is 5.75 Å². The van der Waals surface area contributed by atoms with E-state index >= 15 is 0 Å². The average molecular weight is 312 g/mol. The van der Waals surface area contributed by atoms with E-state index in [0.717, 1.165) is 23.3 Å². The number of fused-ring (bicyclic) bond motifs is 1. The van der Waals surface area contributed by atoms with Crippen LogP contribution in [0.15, 0.2) is 30.3 Å². The van der Waals surface area contributed by atoms with Crippen LogP contribution in [0.3, 0.4) is 0 Å². The molecule has 0 aromatic heterocycles. The lowest BCUT2D eigenvalue weighted by Gasteiger charge is -2.12. The fraction of sp³-hybridized carbons (Fsp3) is 0.200. The number of benzene rings is 2. The number of ether oxygens (including phenoxy) is 1. The zero-order valence-electron chi connectivity index (χ0n) is 10.6. The largest absolute Gasteiger partial charge is 0.493 e. The number of halogens is 3. The Bertz CT molecular complexity index is 661. The van der Waals surface area contributed by atoms with Crippen molar-refractivity contribution in [2.45, 2.75) is 13.0 Å². The highest BCUT2D eigenvalue weighted by atomic mass is 35.5. The standard InChI is InChI=1S/C15H12Cl2FNO/c16-11-5-9-3-4-20-15(9)10(6-11)8-19-14-2-1-12(18)7-13(14)17/h1-2,5-7,19H,3-4,8H2. The quantitative estimate of drug-likeness (QED) is 0.888. The van der Waals surface area contributed by atoms with E-state index in [2.05, 4.69) is 5.32 Å². The topological polar surface area (TPSA) is 21.3 Å². The minimum Gasteiger partial charge on any atom is -0.493 e. The summed E-state index contributed by atoms with van der Waals surface area (Å²) in [6, 6.07) is 8.06. The van der Waals surface area contributed by atoms with Gasteiger partial charge in [0.2, 0.25) is 0 Å². The smallest absolute Gasteiger partial charge is 0.127 e. The molecule has 0 aliphatic carbocycles. The zero-order valence-corrected chi connectivity index (χ0v) is 12.1. The van der Waals surface area contributed by atoms with Gasteiger partial charge in [0.1, 0.15) is 11.6 Å². The van der Waals surface area contributed by atoms with Crippen LogP contribution in [-0.2, 0) is 13.0 Å². The van der Waals surface area contributed by atoms with Crippen LogP contribution in [0.2, 0.25) is 10.0 Å². The second-order valence-electron chi connectivity index (χ2n) is 4.63. The van der Waals surface area contributed by atoms with Gasteiger partial charge in [0, 0.05) is 23.6 Å². The molecule has 1 aliphatic rings. The van der Waals surface area contributed by atoms with Crippen molar-refractivity contribution in [1.82, 2.24) is 0 Å². The third kappa shape index (κ3) is 2.69. The maximum absolute atomic E-state index is 13.0. The molecule has 0 amide bonds. The summed E-state index contributed by atoms with van der Waals surface area (Å²) in [5.41, 5.74) is 2.78. The highest BCUT2D eigenvalue weighted by Crippen LogP contribution is 2.33. The SMILES string of the molecule is Fc1ccc(NCc2cc(Cl)cc3c2OCC3)c(Cl)c1. The Morgan fingerprint density at radius 1 is 1.20 bits per heavy atom. The Morgan fingerprint density at radius 2 is 2.05 bits per heavy atom. The lowest BCUT2D eigenvalue weighted by molar-refractivity contribution is 0.354. The number of hydrogen-bond donors (Lipinski definition) is 1. The van der Waals surface area contributed by atoms with E-state index in [4.69, 9.17) is 27.9 Å². The van der Waals surface area contributed by atoms with E-state index in [0.29, 0.717) is 28.9 Å². The van der Waals surface area contributed by atoms with E-state index in [-0.39, 0.29) is 5.82 Å². The van der Waals surface area contributed by atoms with Crippen molar-refractivity contribution < 1.29 is 9.13 Å². The fourth-order valence-electron chi connectivity index (χ4n) is 2.30. The molecule has 1 N–H and O–H groups in total. The molecule has 2 aromatic rings. The van der Waals surface area contributed by atoms with Gasteiger partial charge in [-0.2, -0.15) is 0 Å². The summed E-state index contributed by atoms with van der Waals surface area (Å²) in [5, 5.41) is 4.22. The van der Waals surface area contributed by atoms with Gasteiger partial charge in [0.25, 0.3) is 0 Å². The maximum Gasteiger partial charge on any atom is 0.127 e. The molecular weight excluding hydrogens is 300 g/mol. The summed E-state index contributed by atoms with van der Waals surface area (Å²) in [6.07, 6.45) is 0.875. The van der Waals surface area contributed by atoms with Crippen molar-refractivity contribution in [3.05, 3.63) is 57.3 Å². The van der Waals surface area contributed by atoms with Crippen LogP contribution in [0, 0.1) is 5.82 Å². The second kappa shape index (κ2) is 5.51. The molecule has 104 valence electrons. The number of rotatable bonds is 3. The van der Waals surface area contributed by atoms with E-state index in [1.807, 2.05) is 12.1 Å². The molecule has 0 saturated carbocycles. The lowest BCUT2D eigenvalue weighted by Crippen LogP contribution is -2.02. The van der Waals surface area contributed by atoms with Crippen molar-refractivity contribution in [1.29, 1.82) is 0 Å². The third-order valence-electron chi connectivity index (χ3n) is 3.23. The highest BCUT2D eigenvalue weighted by Gasteiger charge is 2.17. The minimum atomic E-state index is -0.354. The number of anilines is 1. The highest BCUT2D eigenvalue weighted by molar-refractivity contribution is 6.33. The molecule has 2 aromatic carbocycles. The van der Waals surface area contributed by atoms with Crippen LogP contribution < -0.4 is 10.1 Å². The van der Waals surface area contributed by atoms with Crippen LogP contribution >= 0.6 is 23.2 Å². The van der Waals surface area contributed by atoms with Gasteiger partial charge in [0.15, 0.2) is 0 Å². The third-order valence-corrected chi connectivity index (χ3v) is 3.76. The van der Waals surface area contributed by atoms with Gasteiger partial charge in [-0.15, -0.1) is 0 Å². The predicted molar refractivity (Wildman–Crippen MR) is 79.4 cm³/mol. The molecule has 2 nitrogen and oxygen atoms in total. The normalized spacial score (nSPS) is 12.9. The van der Waals surface area contributed by atoms with E-state index in [1.165, 1.54) is 12.1 Å². The summed E-state index contributed by atoms with van der Waals surface area (Å²) in [6.45, 7) is 1.20. The Balaban J connectivity index is 1.82. The van der Waals surface area contributed by atoms with Gasteiger partial charge in [-0.1, -0.05) is 23.2 Å². The van der Waals surface area contributed by atoms with Crippen molar-refractivity contribution in [3.63, 3.8) is 0 Å². The van der Waals surface area contributed by atoms with Gasteiger partial charge in [-0.25, -0.2) is 4.39 Å². The minimum absolute atomic E-state index is 0.351. The summed E-state index contributed by atoms with van der Waals surface area (Å²) in [7, 11) is 0. The maximum atomic E-state index is 13.0. The first kappa shape index (κ1) is 13.5. The molecular formula is C15H12Cl2FNO. The predicted octanol–water partition coefficient (Wildman–Crippen LogP) is 4.68. The Labute approximate surface area is 126 Å². The van der Waals surface area contributed by atoms with Crippen LogP contribution in [-0.4, -0.2) is 6.61 Å². The zero-order chi connectivity index (χ0) is 14.1. The Morgan fingerprint density at radius 3 is 2.85 bits per heavy atom. The van der Waals surface area contributed by atoms with Gasteiger partial charge >= 0.3 is 0 Å². The van der Waals surface area contributed by atoms with Crippen molar-refractivity contribution >= 4 is 28.9 Å². The van der Waals surface area contributed by atoms with Crippen LogP contribution in [0.4, 0.5) is 10.1 Å². The summed E-state index contributed by atoms with van der Waals surface area (Å²) < 4.78 is 18.6. The first-order valence-electron chi connectivity index (χ1n) is 6.26. The molecule has 0 spiro atoms. The second-order valence-corrected chi connectivity index (χ2v) is 5.47. The molecule has 3 rings (SSSR count). The molecule has 0 fully saturated rings. The summed E-state index contributed by atoms with van der Waals surface area (Å²) in [5.74, 6) is 0.535. The Kier molecular flexibility index (Phi) is 3.72. The molecule has 0 bridgehead atoms. The number of hydrogen-bond acceptors (Lipinski definition) is 2. The van der Waals surface area contributed by atoms with Crippen LogP contribution in [0.25, 0.3) is 0 Å². The van der Waals surface area contributed by atoms with Crippen LogP contribution in [0.1, 0.15) is 11.1 Å². The number of nitrogens with one attached hydrogen (secondary N) is 1. The molecule has 0 saturated heterocycles. The molecule has 5 heteroatoms. The van der Waals surface area contributed by atoms with Gasteiger partial charge in [-0.3, -0.25) is 0 Å². The summed E-state index contributed by atoms with van der Waals surface area (Å²) in [4.78, 5) is 0.